The minimum atomic E-state index is -0.651. The lowest BCUT2D eigenvalue weighted by Gasteiger charge is -2.15. The van der Waals surface area contributed by atoms with Gasteiger partial charge in [0.2, 0.25) is 0 Å². The second kappa shape index (κ2) is 8.39. The summed E-state index contributed by atoms with van der Waals surface area (Å²) in [5.74, 6) is 0.177. The van der Waals surface area contributed by atoms with Gasteiger partial charge in [-0.25, -0.2) is 13.5 Å². The van der Waals surface area contributed by atoms with Crippen LogP contribution in [0.15, 0.2) is 42.6 Å². The highest BCUT2D eigenvalue weighted by Gasteiger charge is 2.16. The lowest BCUT2D eigenvalue weighted by molar-refractivity contribution is 0.392. The van der Waals surface area contributed by atoms with E-state index >= 15 is 0 Å². The first-order chi connectivity index (χ1) is 13.4. The highest BCUT2D eigenvalue weighted by Crippen LogP contribution is 2.25. The van der Waals surface area contributed by atoms with Crippen LogP contribution in [0.3, 0.4) is 0 Å². The first-order valence-electron chi connectivity index (χ1n) is 8.88. The number of benzene rings is 2. The highest BCUT2D eigenvalue weighted by molar-refractivity contribution is 5.39. The van der Waals surface area contributed by atoms with Crippen molar-refractivity contribution in [3.05, 3.63) is 71.1 Å². The first-order valence-corrected chi connectivity index (χ1v) is 8.88. The molecule has 28 heavy (non-hydrogen) atoms. The zero-order valence-electron chi connectivity index (χ0n) is 16.3. The zero-order chi connectivity index (χ0) is 20.3. The molecule has 0 saturated heterocycles. The van der Waals surface area contributed by atoms with E-state index in [4.69, 9.17) is 9.47 Å². The molecule has 0 fully saturated rings. The van der Waals surface area contributed by atoms with Gasteiger partial charge >= 0.3 is 0 Å². The number of halogens is 2. The maximum atomic E-state index is 14.1. The molecule has 148 valence electrons. The quantitative estimate of drug-likeness (QED) is 0.656. The fourth-order valence-electron chi connectivity index (χ4n) is 3.09. The molecule has 0 aliphatic carbocycles. The van der Waals surface area contributed by atoms with Crippen LogP contribution in [-0.4, -0.2) is 24.0 Å². The lowest BCUT2D eigenvalue weighted by atomic mass is 10.1. The van der Waals surface area contributed by atoms with Crippen molar-refractivity contribution in [2.24, 2.45) is 0 Å². The number of aromatic nitrogens is 2. The van der Waals surface area contributed by atoms with Gasteiger partial charge < -0.3 is 14.8 Å². The Kier molecular flexibility index (Phi) is 5.94. The van der Waals surface area contributed by atoms with Gasteiger partial charge in [0.05, 0.1) is 20.4 Å². The molecule has 1 unspecified atom stereocenters. The minimum Gasteiger partial charge on any atom is -0.497 e. The lowest BCUT2D eigenvalue weighted by Crippen LogP contribution is -2.18. The van der Waals surface area contributed by atoms with Crippen molar-refractivity contribution in [2.45, 2.75) is 26.4 Å². The Labute approximate surface area is 162 Å². The highest BCUT2D eigenvalue weighted by atomic mass is 19.1. The summed E-state index contributed by atoms with van der Waals surface area (Å²) in [6, 6.07) is 9.12. The summed E-state index contributed by atoms with van der Waals surface area (Å²) in [5.41, 5.74) is 2.94. The molecule has 2 aromatic carbocycles. The summed E-state index contributed by atoms with van der Waals surface area (Å²) in [6.07, 6.45) is 1.70. The largest absolute Gasteiger partial charge is 0.497 e. The average Bonchev–Trinajstić information content (AvgIpc) is 3.07. The van der Waals surface area contributed by atoms with Gasteiger partial charge in [-0.1, -0.05) is 0 Å². The molecule has 0 bridgehead atoms. The second-order valence-electron chi connectivity index (χ2n) is 6.52. The molecule has 1 aromatic heterocycles. The molecule has 0 aliphatic heterocycles. The average molecular weight is 387 g/mol. The van der Waals surface area contributed by atoms with Gasteiger partial charge in [0.15, 0.2) is 5.82 Å². The Morgan fingerprint density at radius 1 is 1.07 bits per heavy atom. The first kappa shape index (κ1) is 19.8. The van der Waals surface area contributed by atoms with Gasteiger partial charge in [0, 0.05) is 36.0 Å². The molecule has 0 spiro atoms. The number of nitrogens with zero attached hydrogens (tertiary/aromatic N) is 2. The van der Waals surface area contributed by atoms with Crippen molar-refractivity contribution in [1.29, 1.82) is 0 Å². The summed E-state index contributed by atoms with van der Waals surface area (Å²) >= 11 is 0. The molecule has 1 atom stereocenters. The Morgan fingerprint density at radius 2 is 1.75 bits per heavy atom. The van der Waals surface area contributed by atoms with Crippen LogP contribution in [0, 0.1) is 18.6 Å². The SMILES string of the molecule is COc1cc(CNC(C)c2cnn(-c3ccc(F)cc3F)c2C)cc(OC)c1. The summed E-state index contributed by atoms with van der Waals surface area (Å²) in [5, 5.41) is 7.71. The maximum Gasteiger partial charge on any atom is 0.151 e. The van der Waals surface area contributed by atoms with Crippen molar-refractivity contribution >= 4 is 0 Å². The molecule has 0 aliphatic rings. The molecule has 0 radical (unpaired) electrons. The van der Waals surface area contributed by atoms with Crippen LogP contribution >= 0.6 is 0 Å². The van der Waals surface area contributed by atoms with E-state index in [1.54, 1.807) is 20.4 Å². The summed E-state index contributed by atoms with van der Waals surface area (Å²) in [6.45, 7) is 4.45. The van der Waals surface area contributed by atoms with Crippen LogP contribution in [0.25, 0.3) is 5.69 Å². The smallest absolute Gasteiger partial charge is 0.151 e. The molecule has 3 rings (SSSR count). The van der Waals surface area contributed by atoms with Crippen molar-refractivity contribution in [1.82, 2.24) is 15.1 Å². The van der Waals surface area contributed by atoms with Gasteiger partial charge in [0.1, 0.15) is 23.0 Å². The van der Waals surface area contributed by atoms with Crippen LogP contribution < -0.4 is 14.8 Å². The Balaban J connectivity index is 1.77. The number of hydrogen-bond acceptors (Lipinski definition) is 4. The Hall–Kier alpha value is -2.93. The standard InChI is InChI=1S/C21H23F2N3O2/c1-13(24-11-15-7-17(27-3)10-18(8-15)28-4)19-12-25-26(14(19)2)21-6-5-16(22)9-20(21)23/h5-10,12-13,24H,11H2,1-4H3. The molecular weight excluding hydrogens is 364 g/mol. The van der Waals surface area contributed by atoms with Gasteiger partial charge in [-0.05, 0) is 43.7 Å². The summed E-state index contributed by atoms with van der Waals surface area (Å²) in [4.78, 5) is 0. The van der Waals surface area contributed by atoms with Crippen LogP contribution in [0.1, 0.15) is 29.8 Å². The molecule has 0 saturated carbocycles. The maximum absolute atomic E-state index is 14.1. The van der Waals surface area contributed by atoms with Crippen molar-refractivity contribution < 1.29 is 18.3 Å². The summed E-state index contributed by atoms with van der Waals surface area (Å²) in [7, 11) is 3.22. The van der Waals surface area contributed by atoms with E-state index in [1.807, 2.05) is 32.0 Å². The number of hydrogen-bond donors (Lipinski definition) is 1. The number of nitrogens with one attached hydrogen (secondary N) is 1. The Morgan fingerprint density at radius 3 is 2.36 bits per heavy atom. The molecule has 5 nitrogen and oxygen atoms in total. The van der Waals surface area contributed by atoms with Crippen molar-refractivity contribution in [3.8, 4) is 17.2 Å². The van der Waals surface area contributed by atoms with E-state index in [9.17, 15) is 8.78 Å². The molecule has 1 heterocycles. The molecule has 7 heteroatoms. The molecule has 1 N–H and O–H groups in total. The van der Waals surface area contributed by atoms with Gasteiger partial charge in [-0.3, -0.25) is 0 Å². The molecule has 0 amide bonds. The third-order valence-electron chi connectivity index (χ3n) is 4.68. The van der Waals surface area contributed by atoms with E-state index < -0.39 is 11.6 Å². The van der Waals surface area contributed by atoms with E-state index in [0.29, 0.717) is 6.54 Å². The van der Waals surface area contributed by atoms with Crippen molar-refractivity contribution in [3.63, 3.8) is 0 Å². The molecule has 3 aromatic rings. The number of ether oxygens (including phenoxy) is 2. The van der Waals surface area contributed by atoms with E-state index in [2.05, 4.69) is 10.4 Å². The van der Waals surface area contributed by atoms with Crippen LogP contribution in [0.5, 0.6) is 11.5 Å². The zero-order valence-corrected chi connectivity index (χ0v) is 16.3. The molecular formula is C21H23F2N3O2. The number of methoxy groups -OCH3 is 2. The van der Waals surface area contributed by atoms with Gasteiger partial charge in [-0.2, -0.15) is 5.10 Å². The topological polar surface area (TPSA) is 48.3 Å². The van der Waals surface area contributed by atoms with Crippen LogP contribution in [-0.2, 0) is 6.54 Å². The van der Waals surface area contributed by atoms with Gasteiger partial charge in [-0.15, -0.1) is 0 Å². The van der Waals surface area contributed by atoms with E-state index in [-0.39, 0.29) is 11.7 Å². The third-order valence-corrected chi connectivity index (χ3v) is 4.68. The van der Waals surface area contributed by atoms with Gasteiger partial charge in [0.25, 0.3) is 0 Å². The summed E-state index contributed by atoms with van der Waals surface area (Å²) < 4.78 is 39.3. The normalized spacial score (nSPS) is 12.1. The second-order valence-corrected chi connectivity index (χ2v) is 6.52. The minimum absolute atomic E-state index is 0.0329. The van der Waals surface area contributed by atoms with Crippen LogP contribution in [0.4, 0.5) is 8.78 Å². The fraction of sp³-hybridized carbons (Fsp3) is 0.286. The Bertz CT molecular complexity index is 950. The fourth-order valence-corrected chi connectivity index (χ4v) is 3.09. The monoisotopic (exact) mass is 387 g/mol. The third kappa shape index (κ3) is 4.14. The predicted octanol–water partition coefficient (Wildman–Crippen LogP) is 4.33. The van der Waals surface area contributed by atoms with Crippen LogP contribution in [0.2, 0.25) is 0 Å². The number of rotatable bonds is 7. The van der Waals surface area contributed by atoms with E-state index in [0.717, 1.165) is 34.4 Å². The predicted molar refractivity (Wildman–Crippen MR) is 103 cm³/mol. The van der Waals surface area contributed by atoms with Crippen molar-refractivity contribution in [2.75, 3.05) is 14.2 Å². The van der Waals surface area contributed by atoms with E-state index in [1.165, 1.54) is 16.8 Å².